The molecule has 6 rings (SSSR count). The number of ether oxygens (including phenoxy) is 2. The molecule has 1 N–H and O–H groups in total. The second-order valence-electron chi connectivity index (χ2n) is 9.24. The number of Topliss-reactive ketones (excluding diaryl/α,β-unsaturated/α-hetero) is 1. The Kier molecular flexibility index (Phi) is 6.08. The van der Waals surface area contributed by atoms with E-state index in [0.717, 1.165) is 16.0 Å². The number of hydrogen-bond acceptors (Lipinski definition) is 7. The molecule has 9 heteroatoms. The number of aliphatic hydroxyl groups is 1. The summed E-state index contributed by atoms with van der Waals surface area (Å²) in [5, 5.41) is 12.3. The van der Waals surface area contributed by atoms with E-state index in [0.29, 0.717) is 45.6 Å². The monoisotopic (exact) mass is 546 g/mol. The lowest BCUT2D eigenvalue weighted by Crippen LogP contribution is -2.29. The maximum atomic E-state index is 13.5. The zero-order valence-corrected chi connectivity index (χ0v) is 22.2. The van der Waals surface area contributed by atoms with Gasteiger partial charge in [0.2, 0.25) is 0 Å². The molecule has 192 valence electrons. The van der Waals surface area contributed by atoms with Crippen LogP contribution in [0.2, 0.25) is 5.02 Å². The van der Waals surface area contributed by atoms with Gasteiger partial charge in [0, 0.05) is 17.0 Å². The third kappa shape index (κ3) is 4.10. The summed E-state index contributed by atoms with van der Waals surface area (Å²) >= 11 is 7.59. The summed E-state index contributed by atoms with van der Waals surface area (Å²) in [5.74, 6) is -0.358. The first-order valence-electron chi connectivity index (χ1n) is 12.2. The lowest BCUT2D eigenvalue weighted by molar-refractivity contribution is -0.132. The standard InChI is InChI=1S/C29H23ClN2O5S/c1-3-36-20-8-9-21-23(14-20)38-29(31-21)32-25(16-5-4-6-19(30)13-16)24(27(34)28(32)35)26(33)17-7-10-22-18(12-17)11-15(2)37-22/h4-10,12-15,25,33H,3,11H2,1-2H3/b26-24+/t15-,25-/m1/s1. The summed E-state index contributed by atoms with van der Waals surface area (Å²) in [6.07, 6.45) is 0.722. The van der Waals surface area contributed by atoms with Crippen molar-refractivity contribution in [3.8, 4) is 11.5 Å². The number of ketones is 1. The van der Waals surface area contributed by atoms with Crippen LogP contribution in [0.4, 0.5) is 5.13 Å². The first kappa shape index (κ1) is 24.5. The molecule has 1 saturated heterocycles. The van der Waals surface area contributed by atoms with Crippen LogP contribution in [0.3, 0.4) is 0 Å². The van der Waals surface area contributed by atoms with Gasteiger partial charge < -0.3 is 14.6 Å². The van der Waals surface area contributed by atoms with E-state index in [1.807, 2.05) is 38.1 Å². The summed E-state index contributed by atoms with van der Waals surface area (Å²) in [6.45, 7) is 4.40. The van der Waals surface area contributed by atoms with E-state index >= 15 is 0 Å². The van der Waals surface area contributed by atoms with Crippen molar-refractivity contribution in [1.29, 1.82) is 0 Å². The van der Waals surface area contributed by atoms with Gasteiger partial charge >= 0.3 is 5.91 Å². The number of anilines is 1. The third-order valence-corrected chi connectivity index (χ3v) is 7.90. The first-order chi connectivity index (χ1) is 18.3. The minimum absolute atomic E-state index is 0.0153. The van der Waals surface area contributed by atoms with Crippen LogP contribution in [0.1, 0.15) is 36.6 Å². The highest BCUT2D eigenvalue weighted by Gasteiger charge is 2.48. The van der Waals surface area contributed by atoms with Gasteiger partial charge in [0.25, 0.3) is 5.78 Å². The molecule has 1 aromatic heterocycles. The average molecular weight is 547 g/mol. The van der Waals surface area contributed by atoms with E-state index in [1.165, 1.54) is 16.2 Å². The van der Waals surface area contributed by atoms with Crippen LogP contribution in [0.25, 0.3) is 16.0 Å². The van der Waals surface area contributed by atoms with Crippen LogP contribution in [-0.4, -0.2) is 34.5 Å². The number of carbonyl (C=O) groups excluding carboxylic acids is 2. The van der Waals surface area contributed by atoms with Crippen molar-refractivity contribution in [2.75, 3.05) is 11.5 Å². The molecule has 2 aliphatic rings. The molecule has 2 aliphatic heterocycles. The number of benzene rings is 3. The number of thiazole rings is 1. The highest BCUT2D eigenvalue weighted by molar-refractivity contribution is 7.22. The lowest BCUT2D eigenvalue weighted by Gasteiger charge is -2.23. The fourth-order valence-electron chi connectivity index (χ4n) is 5.00. The molecular weight excluding hydrogens is 524 g/mol. The molecule has 4 aromatic rings. The van der Waals surface area contributed by atoms with Crippen molar-refractivity contribution in [1.82, 2.24) is 4.98 Å². The minimum Gasteiger partial charge on any atom is -0.507 e. The summed E-state index contributed by atoms with van der Waals surface area (Å²) < 4.78 is 12.2. The van der Waals surface area contributed by atoms with Gasteiger partial charge in [-0.05, 0) is 73.5 Å². The smallest absolute Gasteiger partial charge is 0.301 e. The summed E-state index contributed by atoms with van der Waals surface area (Å²) in [5.41, 5.74) is 2.63. The predicted molar refractivity (Wildman–Crippen MR) is 147 cm³/mol. The minimum atomic E-state index is -0.913. The second kappa shape index (κ2) is 9.45. The van der Waals surface area contributed by atoms with Crippen LogP contribution >= 0.6 is 22.9 Å². The van der Waals surface area contributed by atoms with Gasteiger partial charge in [0.15, 0.2) is 5.13 Å². The largest absolute Gasteiger partial charge is 0.507 e. The number of hydrogen-bond donors (Lipinski definition) is 1. The van der Waals surface area contributed by atoms with E-state index < -0.39 is 17.7 Å². The van der Waals surface area contributed by atoms with Crippen LogP contribution in [0.15, 0.2) is 66.2 Å². The van der Waals surface area contributed by atoms with Crippen molar-refractivity contribution >= 4 is 55.7 Å². The number of nitrogens with zero attached hydrogens (tertiary/aromatic N) is 2. The molecule has 0 spiro atoms. The Morgan fingerprint density at radius 1 is 1.18 bits per heavy atom. The Morgan fingerprint density at radius 2 is 2.03 bits per heavy atom. The Bertz CT molecular complexity index is 1650. The molecule has 2 atom stereocenters. The van der Waals surface area contributed by atoms with Crippen LogP contribution in [0.5, 0.6) is 11.5 Å². The van der Waals surface area contributed by atoms with Crippen molar-refractivity contribution < 1.29 is 24.2 Å². The summed E-state index contributed by atoms with van der Waals surface area (Å²) in [4.78, 5) is 33.0. The van der Waals surface area contributed by atoms with Crippen molar-refractivity contribution in [2.24, 2.45) is 0 Å². The van der Waals surface area contributed by atoms with Crippen LogP contribution < -0.4 is 14.4 Å². The van der Waals surface area contributed by atoms with Crippen LogP contribution in [0, 0.1) is 0 Å². The Morgan fingerprint density at radius 3 is 2.82 bits per heavy atom. The fourth-order valence-corrected chi connectivity index (χ4v) is 6.22. The molecule has 7 nitrogen and oxygen atoms in total. The van der Waals surface area contributed by atoms with Crippen molar-refractivity contribution in [2.45, 2.75) is 32.4 Å². The van der Waals surface area contributed by atoms with E-state index in [-0.39, 0.29) is 17.4 Å². The quantitative estimate of drug-likeness (QED) is 0.179. The van der Waals surface area contributed by atoms with E-state index in [1.54, 1.807) is 36.4 Å². The van der Waals surface area contributed by atoms with Gasteiger partial charge in [-0.1, -0.05) is 35.1 Å². The molecule has 3 heterocycles. The van der Waals surface area contributed by atoms with Crippen molar-refractivity contribution in [3.05, 3.63) is 87.9 Å². The Labute approximate surface area is 227 Å². The zero-order valence-electron chi connectivity index (χ0n) is 20.6. The number of aromatic nitrogens is 1. The molecule has 1 amide bonds. The number of rotatable bonds is 5. The molecular formula is C29H23ClN2O5S. The molecule has 0 saturated carbocycles. The highest BCUT2D eigenvalue weighted by Crippen LogP contribution is 2.45. The maximum Gasteiger partial charge on any atom is 0.301 e. The number of fused-ring (bicyclic) bond motifs is 2. The topological polar surface area (TPSA) is 89.0 Å². The van der Waals surface area contributed by atoms with Gasteiger partial charge in [0.1, 0.15) is 23.4 Å². The zero-order chi connectivity index (χ0) is 26.6. The summed E-state index contributed by atoms with van der Waals surface area (Å²) in [7, 11) is 0. The van der Waals surface area contributed by atoms with Gasteiger partial charge in [-0.15, -0.1) is 0 Å². The molecule has 0 unspecified atom stereocenters. The lowest BCUT2D eigenvalue weighted by atomic mass is 9.94. The SMILES string of the molecule is CCOc1ccc2nc(N3C(=O)C(=O)/C(=C(/O)c4ccc5c(c4)C[C@@H](C)O5)[C@H]3c3cccc(Cl)c3)sc2c1. The van der Waals surface area contributed by atoms with E-state index in [4.69, 9.17) is 21.1 Å². The van der Waals surface area contributed by atoms with Gasteiger partial charge in [-0.3, -0.25) is 14.5 Å². The van der Waals surface area contributed by atoms with Crippen molar-refractivity contribution in [3.63, 3.8) is 0 Å². The highest BCUT2D eigenvalue weighted by atomic mass is 35.5. The average Bonchev–Trinajstić information content (AvgIpc) is 3.56. The van der Waals surface area contributed by atoms with Gasteiger partial charge in [-0.25, -0.2) is 4.98 Å². The number of aliphatic hydroxyl groups excluding tert-OH is 1. The third-order valence-electron chi connectivity index (χ3n) is 6.64. The fraction of sp³-hybridized carbons (Fsp3) is 0.207. The molecule has 3 aromatic carbocycles. The maximum absolute atomic E-state index is 13.5. The predicted octanol–water partition coefficient (Wildman–Crippen LogP) is 6.30. The first-order valence-corrected chi connectivity index (χ1v) is 13.4. The molecule has 0 radical (unpaired) electrons. The number of carbonyl (C=O) groups is 2. The second-order valence-corrected chi connectivity index (χ2v) is 10.7. The van der Waals surface area contributed by atoms with E-state index in [9.17, 15) is 14.7 Å². The number of amides is 1. The molecule has 0 bridgehead atoms. The normalized spacial score (nSPS) is 20.1. The Hall–Kier alpha value is -3.88. The molecule has 38 heavy (non-hydrogen) atoms. The van der Waals surface area contributed by atoms with Gasteiger partial charge in [-0.2, -0.15) is 0 Å². The van der Waals surface area contributed by atoms with E-state index in [2.05, 4.69) is 4.98 Å². The number of halogens is 1. The molecule has 1 fully saturated rings. The molecule has 0 aliphatic carbocycles. The van der Waals surface area contributed by atoms with Gasteiger partial charge in [0.05, 0.1) is 28.4 Å². The summed E-state index contributed by atoms with van der Waals surface area (Å²) in [6, 6.07) is 16.8. The van der Waals surface area contributed by atoms with Crippen LogP contribution in [-0.2, 0) is 16.0 Å². The Balaban J connectivity index is 1.51.